The summed E-state index contributed by atoms with van der Waals surface area (Å²) >= 11 is 1.27. The van der Waals surface area contributed by atoms with Crippen LogP contribution in [0.4, 0.5) is 0 Å². The number of guanidine groups is 1. The van der Waals surface area contributed by atoms with Gasteiger partial charge >= 0.3 is 0 Å². The molecule has 1 saturated carbocycles. The predicted molar refractivity (Wildman–Crippen MR) is 113 cm³/mol. The minimum atomic E-state index is -3.33. The predicted octanol–water partition coefficient (Wildman–Crippen LogP) is 2.61. The van der Waals surface area contributed by atoms with Crippen molar-refractivity contribution < 1.29 is 8.42 Å². The summed E-state index contributed by atoms with van der Waals surface area (Å²) in [5, 5.41) is 5.10. The first kappa shape index (κ1) is 20.9. The van der Waals surface area contributed by atoms with E-state index in [-0.39, 0.29) is 29.9 Å². The standard InChI is InChI=1S/C16H26N4O2S2.HI/c17-16(19-14-5-2-1-3-6-14)18-11-13-8-9-20(12-13)24(21,22)15-7-4-10-23-15;/h4,7,10,13-14H,1-3,5-6,8-9,11-12H2,(H3,17,18,19);1H. The molecular formula is C16H27IN4O2S2. The molecule has 9 heteroatoms. The molecule has 142 valence electrons. The Bertz CT molecular complexity index is 658. The van der Waals surface area contributed by atoms with Crippen LogP contribution < -0.4 is 11.1 Å². The van der Waals surface area contributed by atoms with Crippen LogP contribution >= 0.6 is 35.3 Å². The third kappa shape index (κ3) is 5.54. The van der Waals surface area contributed by atoms with Gasteiger partial charge in [-0.3, -0.25) is 4.99 Å². The van der Waals surface area contributed by atoms with Crippen molar-refractivity contribution in [1.29, 1.82) is 0 Å². The minimum absolute atomic E-state index is 0. The molecule has 0 aromatic carbocycles. The van der Waals surface area contributed by atoms with E-state index in [1.807, 2.05) is 0 Å². The first-order chi connectivity index (χ1) is 11.6. The average molecular weight is 498 g/mol. The fraction of sp³-hybridized carbons (Fsp3) is 0.688. The third-order valence-corrected chi connectivity index (χ3v) is 8.05. The van der Waals surface area contributed by atoms with Crippen LogP contribution in [0.15, 0.2) is 26.7 Å². The zero-order valence-corrected chi connectivity index (χ0v) is 18.2. The second kappa shape index (κ2) is 9.52. The van der Waals surface area contributed by atoms with E-state index in [4.69, 9.17) is 5.73 Å². The lowest BCUT2D eigenvalue weighted by Gasteiger charge is -2.23. The number of hydrogen-bond acceptors (Lipinski definition) is 4. The van der Waals surface area contributed by atoms with Crippen molar-refractivity contribution in [3.05, 3.63) is 17.5 Å². The number of sulfonamides is 1. The Morgan fingerprint density at radius 1 is 1.32 bits per heavy atom. The monoisotopic (exact) mass is 498 g/mol. The molecule has 6 nitrogen and oxygen atoms in total. The van der Waals surface area contributed by atoms with Crippen molar-refractivity contribution in [3.63, 3.8) is 0 Å². The fourth-order valence-electron chi connectivity index (χ4n) is 3.43. The van der Waals surface area contributed by atoms with Crippen molar-refractivity contribution in [2.24, 2.45) is 16.6 Å². The van der Waals surface area contributed by atoms with Crippen molar-refractivity contribution in [2.75, 3.05) is 19.6 Å². The summed E-state index contributed by atoms with van der Waals surface area (Å²) in [7, 11) is -3.33. The molecule has 0 bridgehead atoms. The summed E-state index contributed by atoms with van der Waals surface area (Å²) in [4.78, 5) is 4.44. The summed E-state index contributed by atoms with van der Waals surface area (Å²) in [6.07, 6.45) is 6.97. The summed E-state index contributed by atoms with van der Waals surface area (Å²) in [6.45, 7) is 1.68. The maximum Gasteiger partial charge on any atom is 0.252 e. The Balaban J connectivity index is 0.00000225. The molecule has 1 saturated heterocycles. The molecule has 1 atom stereocenters. The molecular weight excluding hydrogens is 471 g/mol. The molecule has 0 radical (unpaired) electrons. The molecule has 1 unspecified atom stereocenters. The van der Waals surface area contributed by atoms with Gasteiger partial charge in [-0.1, -0.05) is 25.3 Å². The summed E-state index contributed by atoms with van der Waals surface area (Å²) in [5.41, 5.74) is 5.99. The number of nitrogens with one attached hydrogen (secondary N) is 1. The van der Waals surface area contributed by atoms with Gasteiger partial charge in [0.15, 0.2) is 5.96 Å². The Morgan fingerprint density at radius 3 is 2.76 bits per heavy atom. The van der Waals surface area contributed by atoms with Gasteiger partial charge in [0.25, 0.3) is 10.0 Å². The highest BCUT2D eigenvalue weighted by atomic mass is 127. The van der Waals surface area contributed by atoms with Gasteiger partial charge in [-0.15, -0.1) is 35.3 Å². The molecule has 1 aromatic heterocycles. The number of hydrogen-bond donors (Lipinski definition) is 2. The van der Waals surface area contributed by atoms with Gasteiger partial charge in [0.1, 0.15) is 4.21 Å². The number of aliphatic imine (C=N–C) groups is 1. The minimum Gasteiger partial charge on any atom is -0.370 e. The van der Waals surface area contributed by atoms with Gasteiger partial charge in [0.2, 0.25) is 0 Å². The van der Waals surface area contributed by atoms with E-state index in [9.17, 15) is 8.42 Å². The maximum atomic E-state index is 12.5. The highest BCUT2D eigenvalue weighted by Gasteiger charge is 2.32. The molecule has 2 aliphatic rings. The molecule has 3 rings (SSSR count). The zero-order chi connectivity index (χ0) is 17.0. The molecule has 0 spiro atoms. The Hall–Kier alpha value is -0.390. The number of nitrogens with zero attached hydrogens (tertiary/aromatic N) is 2. The number of rotatable bonds is 5. The van der Waals surface area contributed by atoms with Crippen LogP contribution in [0.5, 0.6) is 0 Å². The Labute approximate surface area is 171 Å². The van der Waals surface area contributed by atoms with Crippen LogP contribution in [-0.2, 0) is 10.0 Å². The Kier molecular flexibility index (Phi) is 7.96. The normalized spacial score (nSPS) is 23.4. The molecule has 3 N–H and O–H groups in total. The maximum absolute atomic E-state index is 12.5. The van der Waals surface area contributed by atoms with Crippen molar-refractivity contribution >= 4 is 51.3 Å². The van der Waals surface area contributed by atoms with E-state index in [1.165, 1.54) is 30.6 Å². The molecule has 0 amide bonds. The molecule has 1 aliphatic heterocycles. The highest BCUT2D eigenvalue weighted by molar-refractivity contribution is 14.0. The lowest BCUT2D eigenvalue weighted by atomic mass is 9.96. The lowest BCUT2D eigenvalue weighted by Crippen LogP contribution is -2.41. The van der Waals surface area contributed by atoms with Crippen molar-refractivity contribution in [3.8, 4) is 0 Å². The highest BCUT2D eigenvalue weighted by Crippen LogP contribution is 2.27. The van der Waals surface area contributed by atoms with Crippen LogP contribution in [0.3, 0.4) is 0 Å². The zero-order valence-electron chi connectivity index (χ0n) is 14.3. The fourth-order valence-corrected chi connectivity index (χ4v) is 6.11. The van der Waals surface area contributed by atoms with Gasteiger partial charge < -0.3 is 11.1 Å². The van der Waals surface area contributed by atoms with Crippen LogP contribution in [0.25, 0.3) is 0 Å². The molecule has 2 fully saturated rings. The van der Waals surface area contributed by atoms with E-state index in [0.717, 1.165) is 19.3 Å². The van der Waals surface area contributed by atoms with Crippen molar-refractivity contribution in [1.82, 2.24) is 9.62 Å². The first-order valence-electron chi connectivity index (χ1n) is 8.66. The van der Waals surface area contributed by atoms with E-state index in [0.29, 0.717) is 35.8 Å². The number of halogens is 1. The van der Waals surface area contributed by atoms with Crippen LogP contribution in [-0.4, -0.2) is 44.4 Å². The van der Waals surface area contributed by atoms with E-state index in [1.54, 1.807) is 21.8 Å². The first-order valence-corrected chi connectivity index (χ1v) is 11.0. The largest absolute Gasteiger partial charge is 0.370 e. The van der Waals surface area contributed by atoms with Crippen LogP contribution in [0, 0.1) is 5.92 Å². The van der Waals surface area contributed by atoms with Gasteiger partial charge in [0.05, 0.1) is 0 Å². The topological polar surface area (TPSA) is 87.8 Å². The molecule has 25 heavy (non-hydrogen) atoms. The second-order valence-corrected chi connectivity index (χ2v) is 9.77. The summed E-state index contributed by atoms with van der Waals surface area (Å²) < 4.78 is 27.0. The Morgan fingerprint density at radius 2 is 2.08 bits per heavy atom. The third-order valence-electron chi connectivity index (χ3n) is 4.81. The van der Waals surface area contributed by atoms with Gasteiger partial charge in [-0.2, -0.15) is 4.31 Å². The molecule has 1 aromatic rings. The van der Waals surface area contributed by atoms with Gasteiger partial charge in [0, 0.05) is 25.7 Å². The van der Waals surface area contributed by atoms with Crippen LogP contribution in [0.1, 0.15) is 38.5 Å². The summed E-state index contributed by atoms with van der Waals surface area (Å²) in [6, 6.07) is 3.88. The van der Waals surface area contributed by atoms with Crippen LogP contribution in [0.2, 0.25) is 0 Å². The number of nitrogens with two attached hydrogens (primary N) is 1. The van der Waals surface area contributed by atoms with Crippen molar-refractivity contribution in [2.45, 2.75) is 48.8 Å². The number of thiophene rings is 1. The SMILES string of the molecule is I.NC(=NCC1CCN(S(=O)(=O)c2cccs2)C1)NC1CCCCC1. The lowest BCUT2D eigenvalue weighted by molar-refractivity contribution is 0.411. The smallest absolute Gasteiger partial charge is 0.252 e. The van der Waals surface area contributed by atoms with Gasteiger partial charge in [-0.05, 0) is 36.6 Å². The molecule has 1 aliphatic carbocycles. The summed E-state index contributed by atoms with van der Waals surface area (Å²) in [5.74, 6) is 0.743. The van der Waals surface area contributed by atoms with E-state index < -0.39 is 10.0 Å². The van der Waals surface area contributed by atoms with Gasteiger partial charge in [-0.25, -0.2) is 8.42 Å². The quantitative estimate of drug-likeness (QED) is 0.371. The van der Waals surface area contributed by atoms with E-state index in [2.05, 4.69) is 10.3 Å². The second-order valence-electron chi connectivity index (χ2n) is 6.66. The molecule has 2 heterocycles. The van der Waals surface area contributed by atoms with E-state index >= 15 is 0 Å². The average Bonchev–Trinajstić information content (AvgIpc) is 3.26.